The largest absolute Gasteiger partial charge is 0.416 e. The third-order valence-corrected chi connectivity index (χ3v) is 7.13. The van der Waals surface area contributed by atoms with E-state index in [4.69, 9.17) is 14.5 Å². The second-order valence-corrected chi connectivity index (χ2v) is 10.3. The lowest BCUT2D eigenvalue weighted by Gasteiger charge is -2.41. The molecule has 0 aliphatic carbocycles. The molecular weight excluding hydrogens is 459 g/mol. The number of halogens is 3. The van der Waals surface area contributed by atoms with Gasteiger partial charge >= 0.3 is 12.2 Å². The number of hydrogen-bond donors (Lipinski definition) is 0. The Bertz CT molecular complexity index is 984. The summed E-state index contributed by atoms with van der Waals surface area (Å²) in [5.74, 6) is -0.236. The maximum Gasteiger partial charge on any atom is 0.416 e. The van der Waals surface area contributed by atoms with Crippen molar-refractivity contribution >= 4 is 11.7 Å². The van der Waals surface area contributed by atoms with Gasteiger partial charge < -0.3 is 19.3 Å². The molecule has 192 valence electrons. The highest BCUT2D eigenvalue weighted by Gasteiger charge is 2.38. The molecule has 2 amide bonds. The lowest BCUT2D eigenvalue weighted by molar-refractivity contribution is -0.137. The first-order valence-corrected chi connectivity index (χ1v) is 12.1. The molecule has 2 atom stereocenters. The monoisotopic (exact) mass is 493 g/mol. The number of likely N-dealkylation sites (tertiary alicyclic amines) is 1. The van der Waals surface area contributed by atoms with Crippen molar-refractivity contribution < 1.29 is 27.4 Å². The van der Waals surface area contributed by atoms with E-state index in [0.29, 0.717) is 64.4 Å². The molecule has 0 N–H and O–H groups in total. The average Bonchev–Trinajstić information content (AvgIpc) is 3.35. The number of benzene rings is 1. The molecule has 6 nitrogen and oxygen atoms in total. The van der Waals surface area contributed by atoms with E-state index in [1.54, 1.807) is 23.0 Å². The predicted octanol–water partition coefficient (Wildman–Crippen LogP) is 4.96. The van der Waals surface area contributed by atoms with Gasteiger partial charge in [0.1, 0.15) is 0 Å². The number of allylic oxidation sites excluding steroid dienone is 1. The van der Waals surface area contributed by atoms with Crippen LogP contribution in [-0.4, -0.2) is 74.7 Å². The molecule has 1 aromatic rings. The molecule has 0 spiro atoms. The second-order valence-electron chi connectivity index (χ2n) is 10.3. The number of carbonyl (C=O) groups is 1. The molecule has 3 aliphatic rings. The molecule has 1 aromatic carbocycles. The normalized spacial score (nSPS) is 23.8. The number of piperidine rings is 1. The molecule has 4 rings (SSSR count). The Hall–Kier alpha value is -2.39. The van der Waals surface area contributed by atoms with Gasteiger partial charge in [-0.3, -0.25) is 4.99 Å². The van der Waals surface area contributed by atoms with E-state index in [1.165, 1.54) is 12.1 Å². The fraction of sp³-hybridized carbons (Fsp3) is 0.615. The summed E-state index contributed by atoms with van der Waals surface area (Å²) in [4.78, 5) is 21.9. The first kappa shape index (κ1) is 25.7. The molecule has 0 aromatic heterocycles. The Labute approximate surface area is 204 Å². The molecule has 3 aliphatic heterocycles. The van der Waals surface area contributed by atoms with Crippen LogP contribution in [0.4, 0.5) is 18.0 Å². The van der Waals surface area contributed by atoms with Crippen LogP contribution < -0.4 is 0 Å². The van der Waals surface area contributed by atoms with E-state index >= 15 is 0 Å². The number of carbonyl (C=O) groups excluding carboxylic acids is 1. The third kappa shape index (κ3) is 5.89. The van der Waals surface area contributed by atoms with Crippen molar-refractivity contribution in [2.45, 2.75) is 38.8 Å². The summed E-state index contributed by atoms with van der Waals surface area (Å²) < 4.78 is 51.0. The molecule has 0 bridgehead atoms. The smallest absolute Gasteiger partial charge is 0.384 e. The zero-order valence-electron chi connectivity index (χ0n) is 20.6. The zero-order chi connectivity index (χ0) is 25.2. The van der Waals surface area contributed by atoms with Crippen LogP contribution in [0.25, 0.3) is 0 Å². The lowest BCUT2D eigenvalue weighted by atomic mass is 9.81. The van der Waals surface area contributed by atoms with Gasteiger partial charge in [-0.05, 0) is 18.1 Å². The van der Waals surface area contributed by atoms with Crippen molar-refractivity contribution in [2.24, 2.45) is 16.3 Å². The fourth-order valence-electron chi connectivity index (χ4n) is 5.23. The van der Waals surface area contributed by atoms with Gasteiger partial charge in [0.2, 0.25) is 0 Å². The minimum Gasteiger partial charge on any atom is -0.384 e. The highest BCUT2D eigenvalue weighted by Crippen LogP contribution is 2.38. The summed E-state index contributed by atoms with van der Waals surface area (Å²) in [5, 5.41) is 0. The number of hydrogen-bond acceptors (Lipinski definition) is 4. The minimum atomic E-state index is -4.41. The molecular formula is C26H34F3N3O3. The number of urea groups is 1. The fourth-order valence-corrected chi connectivity index (χ4v) is 5.23. The number of methoxy groups -OCH3 is 1. The van der Waals surface area contributed by atoms with Gasteiger partial charge in [-0.15, -0.1) is 0 Å². The van der Waals surface area contributed by atoms with E-state index in [1.807, 2.05) is 0 Å². The first-order chi connectivity index (χ1) is 16.6. The van der Waals surface area contributed by atoms with Crippen LogP contribution in [0.5, 0.6) is 0 Å². The van der Waals surface area contributed by atoms with Crippen molar-refractivity contribution in [3.8, 4) is 0 Å². The van der Waals surface area contributed by atoms with Gasteiger partial charge in [-0.25, -0.2) is 4.79 Å². The maximum atomic E-state index is 13.4. The SMILES string of the molecule is COCC(C)(C)C1=CCC(C2CC(c3cccc(C(F)(F)F)c3)CN(C(=O)N3CCOCC3)C2)=N1. The zero-order valence-corrected chi connectivity index (χ0v) is 20.6. The standard InChI is InChI=1S/C26H34F3N3O3/c1-25(2,17-34-3)23-8-7-22(30-23)20-13-19(18-5-4-6-21(14-18)26(27,28)29)15-32(16-20)24(33)31-9-11-35-12-10-31/h4-6,8,14,19-20H,7,9-13,15-17H2,1-3H3. The van der Waals surface area contributed by atoms with Gasteiger partial charge in [0.05, 0.1) is 25.4 Å². The van der Waals surface area contributed by atoms with Crippen LogP contribution in [0.1, 0.15) is 43.7 Å². The second kappa shape index (κ2) is 10.3. The van der Waals surface area contributed by atoms with Gasteiger partial charge in [0.15, 0.2) is 0 Å². The number of rotatable bonds is 5. The molecule has 0 radical (unpaired) electrons. The number of nitrogens with zero attached hydrogens (tertiary/aromatic N) is 3. The number of alkyl halides is 3. The Kier molecular flexibility index (Phi) is 7.57. The molecule has 0 saturated carbocycles. The Balaban J connectivity index is 1.60. The summed E-state index contributed by atoms with van der Waals surface area (Å²) in [7, 11) is 1.66. The highest BCUT2D eigenvalue weighted by atomic mass is 19.4. The van der Waals surface area contributed by atoms with Gasteiger partial charge in [0, 0.05) is 68.4 Å². The number of aliphatic imine (C=N–C) groups is 1. The number of morpholine rings is 1. The molecule has 2 saturated heterocycles. The van der Waals surface area contributed by atoms with Gasteiger partial charge in [-0.2, -0.15) is 13.2 Å². The number of amides is 2. The molecule has 3 heterocycles. The van der Waals surface area contributed by atoms with Crippen molar-refractivity contribution in [3.05, 3.63) is 47.2 Å². The van der Waals surface area contributed by atoms with E-state index in [9.17, 15) is 18.0 Å². The third-order valence-electron chi connectivity index (χ3n) is 7.13. The Morgan fingerprint density at radius 1 is 1.14 bits per heavy atom. The Morgan fingerprint density at radius 2 is 1.86 bits per heavy atom. The van der Waals surface area contributed by atoms with Gasteiger partial charge in [-0.1, -0.05) is 38.1 Å². The van der Waals surface area contributed by atoms with Crippen molar-refractivity contribution in [2.75, 3.05) is 53.1 Å². The number of ether oxygens (including phenoxy) is 2. The van der Waals surface area contributed by atoms with E-state index < -0.39 is 11.7 Å². The van der Waals surface area contributed by atoms with Crippen molar-refractivity contribution in [1.29, 1.82) is 0 Å². The van der Waals surface area contributed by atoms with Gasteiger partial charge in [0.25, 0.3) is 0 Å². The summed E-state index contributed by atoms with van der Waals surface area (Å²) in [6, 6.07) is 5.43. The lowest BCUT2D eigenvalue weighted by Crippen LogP contribution is -2.53. The van der Waals surface area contributed by atoms with Crippen LogP contribution in [0.3, 0.4) is 0 Å². The van der Waals surface area contributed by atoms with Crippen LogP contribution >= 0.6 is 0 Å². The van der Waals surface area contributed by atoms with Crippen molar-refractivity contribution in [1.82, 2.24) is 9.80 Å². The summed E-state index contributed by atoms with van der Waals surface area (Å²) in [6.45, 7) is 7.62. The molecule has 2 fully saturated rings. The summed E-state index contributed by atoms with van der Waals surface area (Å²) >= 11 is 0. The van der Waals surface area contributed by atoms with E-state index in [2.05, 4.69) is 19.9 Å². The topological polar surface area (TPSA) is 54.4 Å². The molecule has 2 unspecified atom stereocenters. The first-order valence-electron chi connectivity index (χ1n) is 12.1. The van der Waals surface area contributed by atoms with Crippen LogP contribution in [0.15, 0.2) is 41.0 Å². The Morgan fingerprint density at radius 3 is 2.54 bits per heavy atom. The van der Waals surface area contributed by atoms with Crippen molar-refractivity contribution in [3.63, 3.8) is 0 Å². The minimum absolute atomic E-state index is 0.0274. The average molecular weight is 494 g/mol. The van der Waals surface area contributed by atoms with E-state index in [0.717, 1.165) is 17.5 Å². The summed E-state index contributed by atoms with van der Waals surface area (Å²) in [5.41, 5.74) is 1.65. The summed E-state index contributed by atoms with van der Waals surface area (Å²) in [6.07, 6.45) is -0.966. The van der Waals surface area contributed by atoms with E-state index in [-0.39, 0.29) is 23.3 Å². The highest BCUT2D eigenvalue weighted by molar-refractivity contribution is 5.92. The quantitative estimate of drug-likeness (QED) is 0.583. The van der Waals surface area contributed by atoms with Crippen LogP contribution in [0.2, 0.25) is 0 Å². The maximum absolute atomic E-state index is 13.4. The van der Waals surface area contributed by atoms with Crippen LogP contribution in [-0.2, 0) is 15.7 Å². The van der Waals surface area contributed by atoms with Crippen LogP contribution in [0, 0.1) is 11.3 Å². The predicted molar refractivity (Wildman–Crippen MR) is 127 cm³/mol. The molecule has 9 heteroatoms. The molecule has 35 heavy (non-hydrogen) atoms.